The smallest absolute Gasteiger partial charge is 0.307 e. The lowest BCUT2D eigenvalue weighted by molar-refractivity contribution is -0.141. The molecule has 140 valence electrons. The second-order valence-corrected chi connectivity index (χ2v) is 10.1. The summed E-state index contributed by atoms with van der Waals surface area (Å²) in [6.07, 6.45) is 1.64. The molecule has 0 radical (unpaired) electrons. The Kier molecular flexibility index (Phi) is 5.87. The van der Waals surface area contributed by atoms with Crippen molar-refractivity contribution in [2.24, 2.45) is 5.92 Å². The lowest BCUT2D eigenvalue weighted by Crippen LogP contribution is -2.33. The molecule has 1 aromatic rings. The summed E-state index contributed by atoms with van der Waals surface area (Å²) in [5, 5.41) is 8.90. The molecular weight excluding hydrogens is 368 g/mol. The molecule has 0 aliphatic carbocycles. The Morgan fingerprint density at radius 1 is 1.12 bits per heavy atom. The molecule has 1 aliphatic heterocycles. The Morgan fingerprint density at radius 3 is 2.08 bits per heavy atom. The summed E-state index contributed by atoms with van der Waals surface area (Å²) in [4.78, 5) is 10.9. The minimum absolute atomic E-state index is 0.0508. The molecule has 10 heteroatoms. The maximum atomic E-state index is 12.5. The van der Waals surface area contributed by atoms with Gasteiger partial charge in [0.2, 0.25) is 20.0 Å². The average Bonchev–Trinajstić information content (AvgIpc) is 3.10. The van der Waals surface area contributed by atoms with Gasteiger partial charge >= 0.3 is 5.97 Å². The van der Waals surface area contributed by atoms with Gasteiger partial charge in [-0.05, 0) is 37.1 Å². The molecule has 1 aromatic carbocycles. The monoisotopic (exact) mass is 390 g/mol. The number of hydrogen-bond donors (Lipinski definition) is 1. The topological polar surface area (TPSA) is 112 Å². The summed E-state index contributed by atoms with van der Waals surface area (Å²) >= 11 is 0. The molecule has 25 heavy (non-hydrogen) atoms. The summed E-state index contributed by atoms with van der Waals surface area (Å²) < 4.78 is 52.2. The first-order chi connectivity index (χ1) is 11.6. The van der Waals surface area contributed by atoms with Gasteiger partial charge < -0.3 is 5.11 Å². The minimum Gasteiger partial charge on any atom is -0.481 e. The van der Waals surface area contributed by atoms with Gasteiger partial charge in [-0.2, -0.15) is 4.31 Å². The first kappa shape index (κ1) is 19.8. The predicted octanol–water partition coefficient (Wildman–Crippen LogP) is 0.812. The zero-order valence-electron chi connectivity index (χ0n) is 14.1. The number of aliphatic carboxylic acids is 1. The summed E-state index contributed by atoms with van der Waals surface area (Å²) in [6, 6.07) is 5.02. The van der Waals surface area contributed by atoms with Gasteiger partial charge in [0, 0.05) is 26.7 Å². The van der Waals surface area contributed by atoms with Crippen LogP contribution in [-0.4, -0.2) is 63.2 Å². The van der Waals surface area contributed by atoms with Crippen molar-refractivity contribution in [3.8, 4) is 0 Å². The summed E-state index contributed by atoms with van der Waals surface area (Å²) in [5.41, 5.74) is 0. The maximum absolute atomic E-state index is 12.5. The molecule has 8 nitrogen and oxygen atoms in total. The fraction of sp³-hybridized carbons (Fsp3) is 0.533. The fourth-order valence-corrected chi connectivity index (χ4v) is 5.38. The van der Waals surface area contributed by atoms with Crippen LogP contribution in [-0.2, 0) is 24.8 Å². The number of nitrogens with zero attached hydrogens (tertiary/aromatic N) is 2. The first-order valence-electron chi connectivity index (χ1n) is 7.86. The fourth-order valence-electron chi connectivity index (χ4n) is 2.60. The maximum Gasteiger partial charge on any atom is 0.307 e. The summed E-state index contributed by atoms with van der Waals surface area (Å²) in [6.45, 7) is 2.18. The van der Waals surface area contributed by atoms with Crippen LogP contribution in [0.15, 0.2) is 34.1 Å². The lowest BCUT2D eigenvalue weighted by atomic mass is 10.2. The van der Waals surface area contributed by atoms with Crippen molar-refractivity contribution < 1.29 is 26.7 Å². The normalized spacial score (nSPS) is 17.7. The standard InChI is InChI=1S/C15H22N2O6S2/c1-12(15(18)19)11-16(2)24(20,21)13-5-7-14(8-6-13)25(22,23)17-9-3-4-10-17/h5-8,12H,3-4,9-11H2,1-2H3,(H,18,19). The van der Waals surface area contributed by atoms with E-state index >= 15 is 0 Å². The van der Waals surface area contributed by atoms with E-state index in [9.17, 15) is 21.6 Å². The molecule has 1 unspecified atom stereocenters. The van der Waals surface area contributed by atoms with E-state index in [0.717, 1.165) is 17.1 Å². The highest BCUT2D eigenvalue weighted by atomic mass is 32.2. The van der Waals surface area contributed by atoms with E-state index in [0.29, 0.717) is 13.1 Å². The molecule has 1 heterocycles. The molecule has 0 amide bonds. The van der Waals surface area contributed by atoms with Gasteiger partial charge in [0.15, 0.2) is 0 Å². The van der Waals surface area contributed by atoms with Crippen molar-refractivity contribution >= 4 is 26.0 Å². The molecule has 0 aromatic heterocycles. The van der Waals surface area contributed by atoms with Gasteiger partial charge in [-0.25, -0.2) is 21.1 Å². The van der Waals surface area contributed by atoms with Gasteiger partial charge in [-0.15, -0.1) is 0 Å². The van der Waals surface area contributed by atoms with Crippen LogP contribution in [0.25, 0.3) is 0 Å². The van der Waals surface area contributed by atoms with E-state index < -0.39 is 31.9 Å². The van der Waals surface area contributed by atoms with E-state index in [2.05, 4.69) is 0 Å². The van der Waals surface area contributed by atoms with E-state index in [1.807, 2.05) is 0 Å². The van der Waals surface area contributed by atoms with Crippen molar-refractivity contribution in [2.45, 2.75) is 29.6 Å². The Hall–Kier alpha value is -1.49. The Morgan fingerprint density at radius 2 is 1.60 bits per heavy atom. The number of sulfonamides is 2. The van der Waals surface area contributed by atoms with Crippen LogP contribution >= 0.6 is 0 Å². The molecule has 0 bridgehead atoms. The minimum atomic E-state index is -3.89. The van der Waals surface area contributed by atoms with Crippen LogP contribution in [0, 0.1) is 5.92 Å². The van der Waals surface area contributed by atoms with Crippen LogP contribution in [0.3, 0.4) is 0 Å². The van der Waals surface area contributed by atoms with Crippen molar-refractivity contribution in [1.82, 2.24) is 8.61 Å². The third-order valence-electron chi connectivity index (χ3n) is 4.19. The van der Waals surface area contributed by atoms with Gasteiger partial charge in [0.25, 0.3) is 0 Å². The van der Waals surface area contributed by atoms with Crippen LogP contribution in [0.2, 0.25) is 0 Å². The van der Waals surface area contributed by atoms with Crippen LogP contribution in [0.5, 0.6) is 0 Å². The predicted molar refractivity (Wildman–Crippen MR) is 91.1 cm³/mol. The first-order valence-corrected chi connectivity index (χ1v) is 10.7. The highest BCUT2D eigenvalue weighted by Gasteiger charge is 2.29. The number of carbonyl (C=O) groups is 1. The molecular formula is C15H22N2O6S2. The van der Waals surface area contributed by atoms with Crippen LogP contribution < -0.4 is 0 Å². The molecule has 1 atom stereocenters. The summed E-state index contributed by atoms with van der Waals surface area (Å²) in [5.74, 6) is -1.94. The molecule has 1 saturated heterocycles. The Bertz CT molecular complexity index is 827. The van der Waals surface area contributed by atoms with Crippen LogP contribution in [0.1, 0.15) is 19.8 Å². The Labute approximate surface area is 148 Å². The largest absolute Gasteiger partial charge is 0.481 e. The number of benzene rings is 1. The number of carboxylic acids is 1. The van der Waals surface area contributed by atoms with E-state index in [1.165, 1.54) is 42.5 Å². The van der Waals surface area contributed by atoms with Gasteiger partial charge in [-0.1, -0.05) is 6.92 Å². The molecule has 0 saturated carbocycles. The SMILES string of the molecule is CC(CN(C)S(=O)(=O)c1ccc(S(=O)(=O)N2CCCC2)cc1)C(=O)O. The van der Waals surface area contributed by atoms with Gasteiger partial charge in [-0.3, -0.25) is 4.79 Å². The highest BCUT2D eigenvalue weighted by molar-refractivity contribution is 7.89. The number of hydrogen-bond acceptors (Lipinski definition) is 5. The molecule has 1 fully saturated rings. The highest BCUT2D eigenvalue weighted by Crippen LogP contribution is 2.23. The lowest BCUT2D eigenvalue weighted by Gasteiger charge is -2.20. The average molecular weight is 390 g/mol. The Balaban J connectivity index is 2.22. The van der Waals surface area contributed by atoms with Crippen molar-refractivity contribution in [2.75, 3.05) is 26.7 Å². The second kappa shape index (κ2) is 7.40. The molecule has 2 rings (SSSR count). The van der Waals surface area contributed by atoms with Crippen LogP contribution in [0.4, 0.5) is 0 Å². The number of rotatable bonds is 7. The zero-order chi connectivity index (χ0) is 18.8. The molecule has 0 spiro atoms. The zero-order valence-corrected chi connectivity index (χ0v) is 15.8. The van der Waals surface area contributed by atoms with E-state index in [4.69, 9.17) is 5.11 Å². The van der Waals surface area contributed by atoms with Crippen molar-refractivity contribution in [3.05, 3.63) is 24.3 Å². The van der Waals surface area contributed by atoms with Crippen molar-refractivity contribution in [3.63, 3.8) is 0 Å². The molecule has 1 aliphatic rings. The van der Waals surface area contributed by atoms with E-state index in [1.54, 1.807) is 0 Å². The van der Waals surface area contributed by atoms with Crippen molar-refractivity contribution in [1.29, 1.82) is 0 Å². The molecule has 1 N–H and O–H groups in total. The third-order valence-corrected chi connectivity index (χ3v) is 7.94. The quantitative estimate of drug-likeness (QED) is 0.737. The third kappa shape index (κ3) is 4.20. The number of carboxylic acid groups (broad SMARTS) is 1. The second-order valence-electron chi connectivity index (χ2n) is 6.11. The summed E-state index contributed by atoms with van der Waals surface area (Å²) in [7, 11) is -6.20. The van der Waals surface area contributed by atoms with E-state index in [-0.39, 0.29) is 16.3 Å². The van der Waals surface area contributed by atoms with Gasteiger partial charge in [0.1, 0.15) is 0 Å². The van der Waals surface area contributed by atoms with Gasteiger partial charge in [0.05, 0.1) is 15.7 Å².